The molecule has 0 aromatic heterocycles. The van der Waals surface area contributed by atoms with Crippen molar-refractivity contribution in [3.8, 4) is 0 Å². The Morgan fingerprint density at radius 3 is 2.53 bits per heavy atom. The van der Waals surface area contributed by atoms with Crippen molar-refractivity contribution in [2.45, 2.75) is 26.7 Å². The van der Waals surface area contributed by atoms with Gasteiger partial charge in [0.25, 0.3) is 0 Å². The maximum atomic E-state index is 12.8. The maximum absolute atomic E-state index is 12.8. The zero-order valence-electron chi connectivity index (χ0n) is 11.3. The van der Waals surface area contributed by atoms with E-state index in [0.717, 1.165) is 5.56 Å². The van der Waals surface area contributed by atoms with E-state index >= 15 is 0 Å². The minimum Gasteiger partial charge on any atom is -0.341 e. The van der Waals surface area contributed by atoms with E-state index in [1.165, 1.54) is 12.1 Å². The number of carbonyl (C=O) groups is 2. The number of carbonyl (C=O) groups excluding carboxylic acids is 2. The van der Waals surface area contributed by atoms with Gasteiger partial charge in [-0.3, -0.25) is 9.59 Å². The SMILES string of the molecule is CC1(C)CN(C(=O)Cc2ccc(F)cc2)CCC1=O. The number of amides is 1. The molecule has 1 amide bonds. The van der Waals surface area contributed by atoms with Crippen LogP contribution < -0.4 is 0 Å². The van der Waals surface area contributed by atoms with Crippen molar-refractivity contribution in [2.75, 3.05) is 13.1 Å². The number of likely N-dealkylation sites (tertiary alicyclic amines) is 1. The average molecular weight is 263 g/mol. The minimum absolute atomic E-state index is 0.00724. The van der Waals surface area contributed by atoms with Crippen LogP contribution in [0.3, 0.4) is 0 Å². The summed E-state index contributed by atoms with van der Waals surface area (Å²) >= 11 is 0. The van der Waals surface area contributed by atoms with Crippen molar-refractivity contribution in [1.82, 2.24) is 4.90 Å². The fourth-order valence-corrected chi connectivity index (χ4v) is 2.32. The highest BCUT2D eigenvalue weighted by Gasteiger charge is 2.35. The summed E-state index contributed by atoms with van der Waals surface area (Å²) in [7, 11) is 0. The molecule has 0 bridgehead atoms. The van der Waals surface area contributed by atoms with Gasteiger partial charge in [-0.2, -0.15) is 0 Å². The van der Waals surface area contributed by atoms with Crippen molar-refractivity contribution in [2.24, 2.45) is 5.41 Å². The van der Waals surface area contributed by atoms with Gasteiger partial charge >= 0.3 is 0 Å². The van der Waals surface area contributed by atoms with Crippen LogP contribution >= 0.6 is 0 Å². The normalized spacial score (nSPS) is 18.5. The van der Waals surface area contributed by atoms with E-state index in [1.807, 2.05) is 13.8 Å². The lowest BCUT2D eigenvalue weighted by Gasteiger charge is -2.36. The Morgan fingerprint density at radius 2 is 1.95 bits per heavy atom. The third-order valence-electron chi connectivity index (χ3n) is 3.57. The molecule has 0 atom stereocenters. The van der Waals surface area contributed by atoms with E-state index in [-0.39, 0.29) is 23.9 Å². The molecular weight excluding hydrogens is 245 g/mol. The van der Waals surface area contributed by atoms with Gasteiger partial charge in [0.15, 0.2) is 0 Å². The van der Waals surface area contributed by atoms with E-state index < -0.39 is 5.41 Å². The molecule has 2 rings (SSSR count). The molecule has 1 saturated heterocycles. The minimum atomic E-state index is -0.462. The van der Waals surface area contributed by atoms with Gasteiger partial charge in [0.2, 0.25) is 5.91 Å². The van der Waals surface area contributed by atoms with E-state index in [1.54, 1.807) is 17.0 Å². The number of piperidine rings is 1. The molecule has 1 aromatic rings. The Morgan fingerprint density at radius 1 is 1.32 bits per heavy atom. The highest BCUT2D eigenvalue weighted by molar-refractivity contribution is 5.88. The van der Waals surface area contributed by atoms with Crippen LogP contribution in [0.5, 0.6) is 0 Å². The molecule has 0 unspecified atom stereocenters. The van der Waals surface area contributed by atoms with Gasteiger partial charge in [0.05, 0.1) is 6.42 Å². The molecule has 102 valence electrons. The number of nitrogens with zero attached hydrogens (tertiary/aromatic N) is 1. The third kappa shape index (κ3) is 3.19. The molecule has 1 aliphatic rings. The molecule has 0 saturated carbocycles. The molecule has 3 nitrogen and oxygen atoms in total. The summed E-state index contributed by atoms with van der Waals surface area (Å²) in [6, 6.07) is 5.94. The predicted octanol–water partition coefficient (Wildman–Crippen LogP) is 2.20. The van der Waals surface area contributed by atoms with Crippen LogP contribution in [0.2, 0.25) is 0 Å². The largest absolute Gasteiger partial charge is 0.341 e. The molecular formula is C15H18FNO2. The smallest absolute Gasteiger partial charge is 0.227 e. The lowest BCUT2D eigenvalue weighted by Crippen LogP contribution is -2.49. The topological polar surface area (TPSA) is 37.4 Å². The highest BCUT2D eigenvalue weighted by Crippen LogP contribution is 2.25. The van der Waals surface area contributed by atoms with Crippen molar-refractivity contribution >= 4 is 11.7 Å². The van der Waals surface area contributed by atoms with Gasteiger partial charge in [0, 0.05) is 24.9 Å². The van der Waals surface area contributed by atoms with Gasteiger partial charge in [-0.1, -0.05) is 26.0 Å². The zero-order chi connectivity index (χ0) is 14.0. The lowest BCUT2D eigenvalue weighted by molar-refractivity contribution is -0.140. The third-order valence-corrected chi connectivity index (χ3v) is 3.57. The quantitative estimate of drug-likeness (QED) is 0.820. The standard InChI is InChI=1S/C15H18FNO2/c1-15(2)10-17(8-7-13(15)18)14(19)9-11-3-5-12(16)6-4-11/h3-6H,7-10H2,1-2H3. The second kappa shape index (κ2) is 5.11. The second-order valence-corrected chi connectivity index (χ2v) is 5.68. The Kier molecular flexibility index (Phi) is 3.69. The van der Waals surface area contributed by atoms with Gasteiger partial charge in [0.1, 0.15) is 11.6 Å². The Hall–Kier alpha value is -1.71. The van der Waals surface area contributed by atoms with Crippen molar-refractivity contribution in [3.05, 3.63) is 35.6 Å². The fourth-order valence-electron chi connectivity index (χ4n) is 2.32. The molecule has 1 aliphatic heterocycles. The van der Waals surface area contributed by atoms with Gasteiger partial charge < -0.3 is 4.90 Å². The summed E-state index contributed by atoms with van der Waals surface area (Å²) in [6.07, 6.45) is 0.673. The van der Waals surface area contributed by atoms with Crippen LogP contribution in [0.4, 0.5) is 4.39 Å². The van der Waals surface area contributed by atoms with E-state index in [9.17, 15) is 14.0 Å². The number of rotatable bonds is 2. The molecule has 1 heterocycles. The molecule has 0 N–H and O–H groups in total. The number of halogens is 1. The van der Waals surface area contributed by atoms with Crippen molar-refractivity contribution in [1.29, 1.82) is 0 Å². The first-order valence-electron chi connectivity index (χ1n) is 6.44. The first-order valence-corrected chi connectivity index (χ1v) is 6.44. The highest BCUT2D eigenvalue weighted by atomic mass is 19.1. The lowest BCUT2D eigenvalue weighted by atomic mass is 9.82. The summed E-state index contributed by atoms with van der Waals surface area (Å²) in [6.45, 7) is 4.69. The monoisotopic (exact) mass is 263 g/mol. The van der Waals surface area contributed by atoms with E-state index in [0.29, 0.717) is 19.5 Å². The van der Waals surface area contributed by atoms with Crippen LogP contribution in [-0.2, 0) is 16.0 Å². The summed E-state index contributed by atoms with van der Waals surface area (Å²) in [5.74, 6) is -0.105. The first-order chi connectivity index (χ1) is 8.88. The zero-order valence-corrected chi connectivity index (χ0v) is 11.3. The number of benzene rings is 1. The maximum Gasteiger partial charge on any atom is 0.227 e. The van der Waals surface area contributed by atoms with Crippen molar-refractivity contribution < 1.29 is 14.0 Å². The Labute approximate surface area is 112 Å². The van der Waals surface area contributed by atoms with Crippen LogP contribution in [-0.4, -0.2) is 29.7 Å². The average Bonchev–Trinajstić information content (AvgIpc) is 2.35. The molecule has 1 fully saturated rings. The molecule has 0 spiro atoms. The van der Waals surface area contributed by atoms with Gasteiger partial charge in [-0.05, 0) is 17.7 Å². The summed E-state index contributed by atoms with van der Waals surface area (Å²) in [5, 5.41) is 0. The molecule has 19 heavy (non-hydrogen) atoms. The number of Topliss-reactive ketones (excluding diaryl/α,β-unsaturated/α-hetero) is 1. The van der Waals surface area contributed by atoms with Crippen LogP contribution in [0.15, 0.2) is 24.3 Å². The summed E-state index contributed by atoms with van der Waals surface area (Å²) < 4.78 is 12.8. The number of hydrogen-bond donors (Lipinski definition) is 0. The second-order valence-electron chi connectivity index (χ2n) is 5.68. The molecule has 0 aliphatic carbocycles. The Bertz CT molecular complexity index is 493. The number of hydrogen-bond acceptors (Lipinski definition) is 2. The van der Waals surface area contributed by atoms with E-state index in [2.05, 4.69) is 0 Å². The van der Waals surface area contributed by atoms with Gasteiger partial charge in [-0.15, -0.1) is 0 Å². The molecule has 0 radical (unpaired) electrons. The van der Waals surface area contributed by atoms with Crippen molar-refractivity contribution in [3.63, 3.8) is 0 Å². The van der Waals surface area contributed by atoms with Crippen LogP contribution in [0, 0.1) is 11.2 Å². The van der Waals surface area contributed by atoms with Crippen LogP contribution in [0.25, 0.3) is 0 Å². The van der Waals surface area contributed by atoms with E-state index in [4.69, 9.17) is 0 Å². The molecule has 1 aromatic carbocycles. The van der Waals surface area contributed by atoms with Gasteiger partial charge in [-0.25, -0.2) is 4.39 Å². The summed E-state index contributed by atoms with van der Waals surface area (Å²) in [5.41, 5.74) is 0.331. The first kappa shape index (κ1) is 13.7. The summed E-state index contributed by atoms with van der Waals surface area (Å²) in [4.78, 5) is 25.6. The fraction of sp³-hybridized carbons (Fsp3) is 0.467. The number of ketones is 1. The van der Waals surface area contributed by atoms with Crippen LogP contribution in [0.1, 0.15) is 25.8 Å². The molecule has 4 heteroatoms. The predicted molar refractivity (Wildman–Crippen MR) is 70.1 cm³/mol. The Balaban J connectivity index is 2.01.